The average molecular weight is 255 g/mol. The molecule has 0 aliphatic heterocycles. The number of halogens is 1. The maximum atomic E-state index is 11.8. The lowest BCUT2D eigenvalue weighted by atomic mass is 10.2. The molecule has 0 saturated heterocycles. The summed E-state index contributed by atoms with van der Waals surface area (Å²) in [6, 6.07) is 5.85. The highest BCUT2D eigenvalue weighted by Crippen LogP contribution is 2.22. The summed E-state index contributed by atoms with van der Waals surface area (Å²) in [5.41, 5.74) is 1.68. The molecule has 1 aromatic rings. The largest absolute Gasteiger partial charge is 0.325 e. The van der Waals surface area contributed by atoms with Crippen molar-refractivity contribution in [1.82, 2.24) is 4.90 Å². The highest BCUT2D eigenvalue weighted by atomic mass is 35.5. The van der Waals surface area contributed by atoms with E-state index in [0.29, 0.717) is 17.6 Å². The first-order chi connectivity index (χ1) is 7.91. The Morgan fingerprint density at radius 3 is 2.71 bits per heavy atom. The van der Waals surface area contributed by atoms with Gasteiger partial charge in [-0.05, 0) is 45.5 Å². The summed E-state index contributed by atoms with van der Waals surface area (Å²) in [5, 5.41) is 3.54. The van der Waals surface area contributed by atoms with Gasteiger partial charge >= 0.3 is 0 Å². The van der Waals surface area contributed by atoms with Crippen molar-refractivity contribution in [1.29, 1.82) is 0 Å². The number of nitrogens with zero attached hydrogens (tertiary/aromatic N) is 1. The number of carbonyl (C=O) groups is 1. The zero-order chi connectivity index (χ0) is 13.0. The summed E-state index contributed by atoms with van der Waals surface area (Å²) in [7, 11) is 1.93. The van der Waals surface area contributed by atoms with Gasteiger partial charge in [0.05, 0.1) is 6.54 Å². The number of benzene rings is 1. The molecular formula is C13H19ClN2O. The highest BCUT2D eigenvalue weighted by molar-refractivity contribution is 6.31. The molecular weight excluding hydrogens is 236 g/mol. The van der Waals surface area contributed by atoms with E-state index in [1.165, 1.54) is 0 Å². The van der Waals surface area contributed by atoms with Crippen molar-refractivity contribution in [2.45, 2.75) is 26.8 Å². The van der Waals surface area contributed by atoms with E-state index in [0.717, 1.165) is 11.3 Å². The van der Waals surface area contributed by atoms with Crippen LogP contribution in [-0.4, -0.2) is 30.4 Å². The van der Waals surface area contributed by atoms with Gasteiger partial charge in [-0.1, -0.05) is 17.7 Å². The summed E-state index contributed by atoms with van der Waals surface area (Å²) in [5.74, 6) is -0.0217. The van der Waals surface area contributed by atoms with Crippen molar-refractivity contribution in [3.8, 4) is 0 Å². The maximum Gasteiger partial charge on any atom is 0.238 e. The Kier molecular flexibility index (Phi) is 4.97. The Labute approximate surface area is 108 Å². The van der Waals surface area contributed by atoms with Gasteiger partial charge < -0.3 is 5.32 Å². The van der Waals surface area contributed by atoms with E-state index >= 15 is 0 Å². The molecule has 0 saturated carbocycles. The second-order valence-corrected chi connectivity index (χ2v) is 4.88. The quantitative estimate of drug-likeness (QED) is 0.896. The minimum atomic E-state index is -0.0217. The molecule has 0 radical (unpaired) electrons. The van der Waals surface area contributed by atoms with Crippen molar-refractivity contribution in [2.75, 3.05) is 18.9 Å². The van der Waals surface area contributed by atoms with E-state index in [2.05, 4.69) is 19.2 Å². The fourth-order valence-electron chi connectivity index (χ4n) is 1.34. The predicted octanol–water partition coefficient (Wildman–Crippen LogP) is 2.93. The third-order valence-electron chi connectivity index (χ3n) is 2.82. The summed E-state index contributed by atoms with van der Waals surface area (Å²) < 4.78 is 0. The lowest BCUT2D eigenvalue weighted by Gasteiger charge is -2.20. The highest BCUT2D eigenvalue weighted by Gasteiger charge is 2.11. The van der Waals surface area contributed by atoms with Crippen LogP contribution in [0.4, 0.5) is 5.69 Å². The molecule has 0 aliphatic rings. The lowest BCUT2D eigenvalue weighted by molar-refractivity contribution is -0.117. The second kappa shape index (κ2) is 6.03. The van der Waals surface area contributed by atoms with Crippen LogP contribution in [0, 0.1) is 6.92 Å². The van der Waals surface area contributed by atoms with E-state index in [-0.39, 0.29) is 5.91 Å². The molecule has 1 amide bonds. The van der Waals surface area contributed by atoms with E-state index in [1.807, 2.05) is 37.1 Å². The first-order valence-electron chi connectivity index (χ1n) is 5.67. The number of hydrogen-bond acceptors (Lipinski definition) is 2. The zero-order valence-corrected chi connectivity index (χ0v) is 11.5. The van der Waals surface area contributed by atoms with Gasteiger partial charge in [-0.3, -0.25) is 9.69 Å². The van der Waals surface area contributed by atoms with Crippen LogP contribution in [0.15, 0.2) is 18.2 Å². The van der Waals surface area contributed by atoms with Crippen molar-refractivity contribution < 1.29 is 4.79 Å². The number of amides is 1. The van der Waals surface area contributed by atoms with Crippen LogP contribution < -0.4 is 5.32 Å². The maximum absolute atomic E-state index is 11.8. The topological polar surface area (TPSA) is 32.3 Å². The zero-order valence-electron chi connectivity index (χ0n) is 10.7. The van der Waals surface area contributed by atoms with Crippen LogP contribution in [0.2, 0.25) is 5.02 Å². The lowest BCUT2D eigenvalue weighted by Crippen LogP contribution is -2.34. The van der Waals surface area contributed by atoms with Crippen LogP contribution in [0.25, 0.3) is 0 Å². The van der Waals surface area contributed by atoms with Gasteiger partial charge in [-0.2, -0.15) is 0 Å². The minimum absolute atomic E-state index is 0.0217. The first kappa shape index (κ1) is 14.0. The Hall–Kier alpha value is -1.06. The van der Waals surface area contributed by atoms with Gasteiger partial charge in [0.25, 0.3) is 0 Å². The van der Waals surface area contributed by atoms with Gasteiger partial charge in [-0.25, -0.2) is 0 Å². The summed E-state index contributed by atoms with van der Waals surface area (Å²) >= 11 is 5.99. The van der Waals surface area contributed by atoms with Crippen molar-refractivity contribution in [2.24, 2.45) is 0 Å². The monoisotopic (exact) mass is 254 g/mol. The van der Waals surface area contributed by atoms with Crippen LogP contribution in [0.1, 0.15) is 19.4 Å². The molecule has 0 heterocycles. The van der Waals surface area contributed by atoms with Crippen molar-refractivity contribution in [3.63, 3.8) is 0 Å². The molecule has 17 heavy (non-hydrogen) atoms. The molecule has 1 rings (SSSR count). The molecule has 94 valence electrons. The van der Waals surface area contributed by atoms with E-state index in [4.69, 9.17) is 11.6 Å². The van der Waals surface area contributed by atoms with Gasteiger partial charge in [0.15, 0.2) is 0 Å². The number of rotatable bonds is 4. The summed E-state index contributed by atoms with van der Waals surface area (Å²) in [6.45, 7) is 6.38. The number of likely N-dealkylation sites (N-methyl/N-ethyl adjacent to an activating group) is 1. The van der Waals surface area contributed by atoms with Gasteiger partial charge in [0.1, 0.15) is 0 Å². The van der Waals surface area contributed by atoms with Crippen LogP contribution in [0.5, 0.6) is 0 Å². The number of carbonyl (C=O) groups excluding carboxylic acids is 1. The van der Waals surface area contributed by atoms with Crippen LogP contribution >= 0.6 is 11.6 Å². The van der Waals surface area contributed by atoms with E-state index in [9.17, 15) is 4.79 Å². The number of anilines is 1. The molecule has 0 aliphatic carbocycles. The molecule has 1 aromatic carbocycles. The number of nitrogens with one attached hydrogen (secondary N) is 1. The van der Waals surface area contributed by atoms with Crippen molar-refractivity contribution >= 4 is 23.2 Å². The first-order valence-corrected chi connectivity index (χ1v) is 6.04. The average Bonchev–Trinajstić information content (AvgIpc) is 2.24. The minimum Gasteiger partial charge on any atom is -0.325 e. The normalized spacial score (nSPS) is 11.0. The van der Waals surface area contributed by atoms with Gasteiger partial charge in [0.2, 0.25) is 5.91 Å². The fourth-order valence-corrected chi connectivity index (χ4v) is 1.52. The van der Waals surface area contributed by atoms with Crippen molar-refractivity contribution in [3.05, 3.63) is 28.8 Å². The smallest absolute Gasteiger partial charge is 0.238 e. The Morgan fingerprint density at radius 1 is 1.47 bits per heavy atom. The number of hydrogen-bond donors (Lipinski definition) is 1. The Bertz CT molecular complexity index is 404. The fraction of sp³-hybridized carbons (Fsp3) is 0.462. The molecule has 0 bridgehead atoms. The molecule has 0 atom stereocenters. The summed E-state index contributed by atoms with van der Waals surface area (Å²) in [4.78, 5) is 13.8. The van der Waals surface area contributed by atoms with Crippen LogP contribution in [-0.2, 0) is 4.79 Å². The third kappa shape index (κ3) is 4.02. The SMILES string of the molecule is Cc1c(Cl)cccc1NC(=O)CN(C)C(C)C. The van der Waals surface area contributed by atoms with Crippen LogP contribution in [0.3, 0.4) is 0 Å². The molecule has 0 unspecified atom stereocenters. The second-order valence-electron chi connectivity index (χ2n) is 4.47. The molecule has 0 fully saturated rings. The van der Waals surface area contributed by atoms with Gasteiger partial charge in [0, 0.05) is 16.8 Å². The summed E-state index contributed by atoms with van der Waals surface area (Å²) in [6.07, 6.45) is 0. The van der Waals surface area contributed by atoms with E-state index in [1.54, 1.807) is 0 Å². The van der Waals surface area contributed by atoms with Gasteiger partial charge in [-0.15, -0.1) is 0 Å². The molecule has 0 aromatic heterocycles. The third-order valence-corrected chi connectivity index (χ3v) is 3.23. The standard InChI is InChI=1S/C13H19ClN2O/c1-9(2)16(4)8-13(17)15-12-7-5-6-11(14)10(12)3/h5-7,9H,8H2,1-4H3,(H,15,17). The van der Waals surface area contributed by atoms with E-state index < -0.39 is 0 Å². The molecule has 3 nitrogen and oxygen atoms in total. The Balaban J connectivity index is 2.66. The molecule has 0 spiro atoms. The Morgan fingerprint density at radius 2 is 2.12 bits per heavy atom. The molecule has 4 heteroatoms. The predicted molar refractivity (Wildman–Crippen MR) is 72.6 cm³/mol. The molecule has 1 N–H and O–H groups in total.